The fraction of sp³-hybridized carbons (Fsp3) is 0.188. The number of aromatic nitrogens is 2. The van der Waals surface area contributed by atoms with Gasteiger partial charge in [-0.3, -0.25) is 0 Å². The number of ether oxygens (including phenoxy) is 1. The number of nitrogens with one attached hydrogen (secondary N) is 1. The molecule has 0 fully saturated rings. The van der Waals surface area contributed by atoms with Crippen LogP contribution in [0.5, 0.6) is 0 Å². The predicted octanol–water partition coefficient (Wildman–Crippen LogP) is 3.09. The monoisotopic (exact) mass is 267 g/mol. The molecule has 0 saturated heterocycles. The smallest absolute Gasteiger partial charge is 0.0733 e. The van der Waals surface area contributed by atoms with E-state index in [-0.39, 0.29) is 0 Å². The topological polar surface area (TPSA) is 38.6 Å². The van der Waals surface area contributed by atoms with Crippen molar-refractivity contribution in [3.05, 3.63) is 66.0 Å². The van der Waals surface area contributed by atoms with E-state index < -0.39 is 0 Å². The third-order valence-corrected chi connectivity index (χ3v) is 3.29. The van der Waals surface area contributed by atoms with Crippen LogP contribution in [0.15, 0.2) is 54.9 Å². The van der Waals surface area contributed by atoms with Crippen LogP contribution in [0, 0.1) is 0 Å². The van der Waals surface area contributed by atoms with Crippen molar-refractivity contribution in [3.8, 4) is 0 Å². The average Bonchev–Trinajstić information content (AvgIpc) is 2.90. The summed E-state index contributed by atoms with van der Waals surface area (Å²) in [7, 11) is 1.71. The number of rotatable bonds is 5. The summed E-state index contributed by atoms with van der Waals surface area (Å²) in [4.78, 5) is 0. The van der Waals surface area contributed by atoms with Crippen molar-refractivity contribution in [3.63, 3.8) is 0 Å². The van der Waals surface area contributed by atoms with Gasteiger partial charge >= 0.3 is 0 Å². The Morgan fingerprint density at radius 3 is 2.85 bits per heavy atom. The summed E-state index contributed by atoms with van der Waals surface area (Å²) in [5.41, 5.74) is 4.57. The van der Waals surface area contributed by atoms with Gasteiger partial charge in [0.15, 0.2) is 0 Å². The maximum atomic E-state index is 5.22. The zero-order valence-corrected chi connectivity index (χ0v) is 11.4. The van der Waals surface area contributed by atoms with Crippen LogP contribution in [0.3, 0.4) is 0 Å². The number of benzene rings is 1. The first-order valence-corrected chi connectivity index (χ1v) is 6.60. The second-order valence-corrected chi connectivity index (χ2v) is 4.64. The minimum Gasteiger partial charge on any atom is -0.381 e. The van der Waals surface area contributed by atoms with Crippen molar-refractivity contribution in [2.75, 3.05) is 12.4 Å². The van der Waals surface area contributed by atoms with E-state index in [2.05, 4.69) is 28.6 Å². The quantitative estimate of drug-likeness (QED) is 0.772. The van der Waals surface area contributed by atoms with Crippen molar-refractivity contribution in [1.29, 1.82) is 0 Å². The second kappa shape index (κ2) is 5.75. The van der Waals surface area contributed by atoms with E-state index >= 15 is 0 Å². The first kappa shape index (κ1) is 12.7. The molecule has 0 aliphatic heterocycles. The fourth-order valence-corrected chi connectivity index (χ4v) is 2.29. The molecule has 0 spiro atoms. The fourth-order valence-electron chi connectivity index (χ4n) is 2.29. The van der Waals surface area contributed by atoms with Crippen molar-refractivity contribution in [1.82, 2.24) is 9.61 Å². The molecule has 0 unspecified atom stereocenters. The van der Waals surface area contributed by atoms with Crippen LogP contribution < -0.4 is 5.32 Å². The highest BCUT2D eigenvalue weighted by atomic mass is 16.5. The van der Waals surface area contributed by atoms with E-state index in [0.717, 1.165) is 23.3 Å². The van der Waals surface area contributed by atoms with Crippen LogP contribution in [-0.2, 0) is 17.9 Å². The molecule has 4 heteroatoms. The lowest BCUT2D eigenvalue weighted by Crippen LogP contribution is -2.02. The molecule has 3 aromatic rings. The zero-order chi connectivity index (χ0) is 13.8. The molecule has 3 rings (SSSR count). The minimum atomic E-state index is 0.609. The zero-order valence-electron chi connectivity index (χ0n) is 11.4. The van der Waals surface area contributed by atoms with Gasteiger partial charge in [-0.15, -0.1) is 0 Å². The molecule has 4 nitrogen and oxygen atoms in total. The Hall–Kier alpha value is -2.33. The van der Waals surface area contributed by atoms with Gasteiger partial charge in [0.1, 0.15) is 0 Å². The van der Waals surface area contributed by atoms with Gasteiger partial charge in [-0.05, 0) is 18.2 Å². The second-order valence-electron chi connectivity index (χ2n) is 4.64. The van der Waals surface area contributed by atoms with Crippen LogP contribution in [-0.4, -0.2) is 16.7 Å². The number of pyridine rings is 1. The summed E-state index contributed by atoms with van der Waals surface area (Å²) in [6, 6.07) is 14.3. The highest BCUT2D eigenvalue weighted by molar-refractivity contribution is 5.57. The first-order valence-electron chi connectivity index (χ1n) is 6.60. The van der Waals surface area contributed by atoms with Crippen LogP contribution in [0.4, 0.5) is 5.69 Å². The number of para-hydroxylation sites is 1. The van der Waals surface area contributed by atoms with Gasteiger partial charge in [0.25, 0.3) is 0 Å². The molecule has 1 aromatic carbocycles. The lowest BCUT2D eigenvalue weighted by molar-refractivity contribution is 0.185. The molecule has 0 atom stereocenters. The van der Waals surface area contributed by atoms with E-state index in [0.29, 0.717) is 6.61 Å². The Bertz CT molecular complexity index is 706. The molecule has 0 aliphatic carbocycles. The number of hydrogen-bond acceptors (Lipinski definition) is 3. The lowest BCUT2D eigenvalue weighted by Gasteiger charge is -2.10. The molecular formula is C16H17N3O. The van der Waals surface area contributed by atoms with E-state index in [1.807, 2.05) is 41.2 Å². The van der Waals surface area contributed by atoms with Crippen LogP contribution in [0.2, 0.25) is 0 Å². The van der Waals surface area contributed by atoms with E-state index in [9.17, 15) is 0 Å². The average molecular weight is 267 g/mol. The van der Waals surface area contributed by atoms with Gasteiger partial charge in [-0.25, -0.2) is 4.52 Å². The van der Waals surface area contributed by atoms with E-state index in [1.54, 1.807) is 7.11 Å². The van der Waals surface area contributed by atoms with Gasteiger partial charge in [0, 0.05) is 36.7 Å². The summed E-state index contributed by atoms with van der Waals surface area (Å²) in [5, 5.41) is 7.80. The number of anilines is 1. The van der Waals surface area contributed by atoms with Crippen LogP contribution in [0.25, 0.3) is 5.52 Å². The van der Waals surface area contributed by atoms with Crippen molar-refractivity contribution in [2.45, 2.75) is 13.2 Å². The van der Waals surface area contributed by atoms with Gasteiger partial charge in [0.05, 0.1) is 18.3 Å². The molecule has 102 valence electrons. The molecule has 20 heavy (non-hydrogen) atoms. The molecule has 0 aliphatic rings. The molecule has 0 amide bonds. The number of nitrogens with zero attached hydrogens (tertiary/aromatic N) is 2. The predicted molar refractivity (Wildman–Crippen MR) is 79.7 cm³/mol. The first-order chi connectivity index (χ1) is 9.88. The Morgan fingerprint density at radius 2 is 1.95 bits per heavy atom. The SMILES string of the molecule is COCc1ccccc1NCc1cnn2ccccc12. The summed E-state index contributed by atoms with van der Waals surface area (Å²) in [6.07, 6.45) is 3.86. The van der Waals surface area contributed by atoms with E-state index in [4.69, 9.17) is 4.74 Å². The lowest BCUT2D eigenvalue weighted by atomic mass is 10.2. The molecule has 2 heterocycles. The highest BCUT2D eigenvalue weighted by Gasteiger charge is 2.05. The Labute approximate surface area is 118 Å². The third-order valence-electron chi connectivity index (χ3n) is 3.29. The van der Waals surface area contributed by atoms with Crippen LogP contribution >= 0.6 is 0 Å². The number of fused-ring (bicyclic) bond motifs is 1. The summed E-state index contributed by atoms with van der Waals surface area (Å²) >= 11 is 0. The summed E-state index contributed by atoms with van der Waals surface area (Å²) in [6.45, 7) is 1.35. The van der Waals surface area contributed by atoms with Crippen LogP contribution in [0.1, 0.15) is 11.1 Å². The minimum absolute atomic E-state index is 0.609. The Kier molecular flexibility index (Phi) is 3.65. The van der Waals surface area contributed by atoms with Crippen molar-refractivity contribution < 1.29 is 4.74 Å². The molecule has 1 N–H and O–H groups in total. The molecule has 2 aromatic heterocycles. The number of hydrogen-bond donors (Lipinski definition) is 1. The van der Waals surface area contributed by atoms with Gasteiger partial charge in [0.2, 0.25) is 0 Å². The molecule has 0 saturated carbocycles. The maximum absolute atomic E-state index is 5.22. The van der Waals surface area contributed by atoms with Gasteiger partial charge in [-0.2, -0.15) is 5.10 Å². The maximum Gasteiger partial charge on any atom is 0.0733 e. The Balaban J connectivity index is 1.80. The van der Waals surface area contributed by atoms with Gasteiger partial charge in [-0.1, -0.05) is 24.3 Å². The summed E-state index contributed by atoms with van der Waals surface area (Å²) in [5.74, 6) is 0. The third kappa shape index (κ3) is 2.51. The normalized spacial score (nSPS) is 10.8. The largest absolute Gasteiger partial charge is 0.381 e. The molecular weight excluding hydrogens is 250 g/mol. The van der Waals surface area contributed by atoms with Crippen molar-refractivity contribution in [2.24, 2.45) is 0 Å². The molecule has 0 radical (unpaired) electrons. The standard InChI is InChI=1S/C16H17N3O/c1-20-12-13-6-2-3-7-15(13)17-10-14-11-18-19-9-5-4-8-16(14)19/h2-9,11,17H,10,12H2,1H3. The summed E-state index contributed by atoms with van der Waals surface area (Å²) < 4.78 is 7.11. The van der Waals surface area contributed by atoms with Crippen molar-refractivity contribution >= 4 is 11.2 Å². The van der Waals surface area contributed by atoms with E-state index in [1.165, 1.54) is 5.56 Å². The van der Waals surface area contributed by atoms with Gasteiger partial charge < -0.3 is 10.1 Å². The highest BCUT2D eigenvalue weighted by Crippen LogP contribution is 2.18. The Morgan fingerprint density at radius 1 is 1.10 bits per heavy atom. The number of methoxy groups -OCH3 is 1. The molecule has 0 bridgehead atoms.